The zero-order valence-electron chi connectivity index (χ0n) is 11.3. The highest BCUT2D eigenvalue weighted by molar-refractivity contribution is 9.13. The van der Waals surface area contributed by atoms with Gasteiger partial charge in [0.05, 0.1) is 4.47 Å². The van der Waals surface area contributed by atoms with E-state index in [1.807, 2.05) is 6.07 Å². The first-order valence-corrected chi connectivity index (χ1v) is 8.65. The molecular weight excluding hydrogens is 370 g/mol. The van der Waals surface area contributed by atoms with E-state index >= 15 is 0 Å². The Morgan fingerprint density at radius 1 is 1.37 bits per heavy atom. The van der Waals surface area contributed by atoms with Crippen molar-refractivity contribution in [3.05, 3.63) is 26.5 Å². The van der Waals surface area contributed by atoms with Crippen molar-refractivity contribution in [1.29, 1.82) is 0 Å². The van der Waals surface area contributed by atoms with Crippen LogP contribution < -0.4 is 5.32 Å². The van der Waals surface area contributed by atoms with Crippen LogP contribution in [0.25, 0.3) is 6.08 Å². The predicted octanol–water partition coefficient (Wildman–Crippen LogP) is 5.38. The molecule has 4 heteroatoms. The fourth-order valence-corrected chi connectivity index (χ4v) is 3.28. The van der Waals surface area contributed by atoms with Crippen LogP contribution in [0, 0.1) is 5.92 Å². The molecule has 0 radical (unpaired) electrons. The summed E-state index contributed by atoms with van der Waals surface area (Å²) in [5, 5.41) is 3.45. The molecule has 1 aromatic rings. The van der Waals surface area contributed by atoms with E-state index in [9.17, 15) is 0 Å². The SMILES string of the molecule is CCNCC(=Cc1cc(Br)c(Br)o1)C1CCCCC1. The number of rotatable bonds is 5. The van der Waals surface area contributed by atoms with Gasteiger partial charge in [-0.15, -0.1) is 0 Å². The molecule has 0 amide bonds. The maximum Gasteiger partial charge on any atom is 0.184 e. The van der Waals surface area contributed by atoms with E-state index in [4.69, 9.17) is 4.42 Å². The second kappa shape index (κ2) is 7.65. The zero-order chi connectivity index (χ0) is 13.7. The number of hydrogen-bond donors (Lipinski definition) is 1. The van der Waals surface area contributed by atoms with Crippen LogP contribution in [0.15, 0.2) is 25.2 Å². The van der Waals surface area contributed by atoms with E-state index in [1.165, 1.54) is 37.7 Å². The molecule has 0 unspecified atom stereocenters. The normalized spacial score (nSPS) is 17.9. The first-order valence-electron chi connectivity index (χ1n) is 7.06. The summed E-state index contributed by atoms with van der Waals surface area (Å²) in [5.41, 5.74) is 1.48. The number of hydrogen-bond acceptors (Lipinski definition) is 2. The van der Waals surface area contributed by atoms with Crippen molar-refractivity contribution in [3.8, 4) is 0 Å². The Labute approximate surface area is 132 Å². The number of likely N-dealkylation sites (N-methyl/N-ethyl adjacent to an activating group) is 1. The van der Waals surface area contributed by atoms with Crippen molar-refractivity contribution >= 4 is 37.9 Å². The van der Waals surface area contributed by atoms with Crippen LogP contribution >= 0.6 is 31.9 Å². The highest BCUT2D eigenvalue weighted by Crippen LogP contribution is 2.33. The molecule has 0 saturated heterocycles. The molecule has 1 aliphatic rings. The standard InChI is InChI=1S/C15H21Br2NO/c1-2-18-10-12(11-6-4-3-5-7-11)8-13-9-14(16)15(17)19-13/h8-9,11,18H,2-7,10H2,1H3. The predicted molar refractivity (Wildman–Crippen MR) is 87.2 cm³/mol. The first-order chi connectivity index (χ1) is 9.20. The van der Waals surface area contributed by atoms with E-state index in [0.717, 1.165) is 33.9 Å². The van der Waals surface area contributed by atoms with E-state index in [-0.39, 0.29) is 0 Å². The Bertz CT molecular complexity index is 414. The maximum atomic E-state index is 5.68. The molecule has 1 heterocycles. The van der Waals surface area contributed by atoms with E-state index in [2.05, 4.69) is 50.2 Å². The van der Waals surface area contributed by atoms with Gasteiger partial charge in [-0.05, 0) is 74.9 Å². The lowest BCUT2D eigenvalue weighted by molar-refractivity contribution is 0.396. The van der Waals surface area contributed by atoms with Crippen molar-refractivity contribution in [1.82, 2.24) is 5.32 Å². The minimum Gasteiger partial charge on any atom is -0.449 e. The summed E-state index contributed by atoms with van der Waals surface area (Å²) in [6, 6.07) is 2.03. The van der Waals surface area contributed by atoms with Gasteiger partial charge in [-0.2, -0.15) is 0 Å². The van der Waals surface area contributed by atoms with E-state index < -0.39 is 0 Å². The van der Waals surface area contributed by atoms with Crippen LogP contribution in [0.4, 0.5) is 0 Å². The second-order valence-electron chi connectivity index (χ2n) is 5.10. The van der Waals surface area contributed by atoms with Gasteiger partial charge in [0, 0.05) is 6.54 Å². The molecule has 1 aromatic heterocycles. The highest BCUT2D eigenvalue weighted by Gasteiger charge is 2.18. The third-order valence-corrected chi connectivity index (χ3v) is 5.41. The largest absolute Gasteiger partial charge is 0.449 e. The average Bonchev–Trinajstić information content (AvgIpc) is 2.74. The summed E-state index contributed by atoms with van der Waals surface area (Å²) >= 11 is 6.87. The average molecular weight is 391 g/mol. The van der Waals surface area contributed by atoms with Crippen LogP contribution in [0.1, 0.15) is 44.8 Å². The van der Waals surface area contributed by atoms with Gasteiger partial charge in [-0.1, -0.05) is 26.2 Å². The number of nitrogens with one attached hydrogen (secondary N) is 1. The van der Waals surface area contributed by atoms with E-state index in [1.54, 1.807) is 0 Å². The van der Waals surface area contributed by atoms with Crippen LogP contribution in [-0.4, -0.2) is 13.1 Å². The molecule has 1 saturated carbocycles. The lowest BCUT2D eigenvalue weighted by Crippen LogP contribution is -2.22. The van der Waals surface area contributed by atoms with Gasteiger partial charge in [0.25, 0.3) is 0 Å². The van der Waals surface area contributed by atoms with Crippen molar-refractivity contribution < 1.29 is 4.42 Å². The van der Waals surface area contributed by atoms with Gasteiger partial charge in [-0.3, -0.25) is 0 Å². The molecule has 0 aliphatic heterocycles. The smallest absolute Gasteiger partial charge is 0.184 e. The van der Waals surface area contributed by atoms with Crippen LogP contribution in [0.3, 0.4) is 0 Å². The monoisotopic (exact) mass is 389 g/mol. The van der Waals surface area contributed by atoms with Gasteiger partial charge < -0.3 is 9.73 Å². The molecule has 0 bridgehead atoms. The third-order valence-electron chi connectivity index (χ3n) is 3.70. The van der Waals surface area contributed by atoms with Crippen molar-refractivity contribution in [2.45, 2.75) is 39.0 Å². The fourth-order valence-electron chi connectivity index (χ4n) is 2.67. The molecule has 19 heavy (non-hydrogen) atoms. The quantitative estimate of drug-likeness (QED) is 0.730. The molecule has 1 aliphatic carbocycles. The van der Waals surface area contributed by atoms with Gasteiger partial charge >= 0.3 is 0 Å². The van der Waals surface area contributed by atoms with Gasteiger partial charge in [0.1, 0.15) is 5.76 Å². The lowest BCUT2D eigenvalue weighted by atomic mass is 9.83. The molecule has 106 valence electrons. The minimum atomic E-state index is 0.718. The number of furan rings is 1. The summed E-state index contributed by atoms with van der Waals surface area (Å²) < 4.78 is 7.43. The Hall–Kier alpha value is -0.0600. The van der Waals surface area contributed by atoms with Gasteiger partial charge in [0.15, 0.2) is 4.67 Å². The van der Waals surface area contributed by atoms with Crippen LogP contribution in [0.5, 0.6) is 0 Å². The Kier molecular flexibility index (Phi) is 6.17. The first kappa shape index (κ1) is 15.3. The maximum absolute atomic E-state index is 5.68. The van der Waals surface area contributed by atoms with Crippen molar-refractivity contribution in [3.63, 3.8) is 0 Å². The van der Waals surface area contributed by atoms with Crippen molar-refractivity contribution in [2.75, 3.05) is 13.1 Å². The zero-order valence-corrected chi connectivity index (χ0v) is 14.5. The second-order valence-corrected chi connectivity index (χ2v) is 6.68. The van der Waals surface area contributed by atoms with Gasteiger partial charge in [-0.25, -0.2) is 0 Å². The highest BCUT2D eigenvalue weighted by atomic mass is 79.9. The summed E-state index contributed by atoms with van der Waals surface area (Å²) in [7, 11) is 0. The Balaban J connectivity index is 2.15. The van der Waals surface area contributed by atoms with Crippen LogP contribution in [-0.2, 0) is 0 Å². The molecule has 2 nitrogen and oxygen atoms in total. The van der Waals surface area contributed by atoms with Gasteiger partial charge in [0.2, 0.25) is 0 Å². The van der Waals surface area contributed by atoms with E-state index in [0.29, 0.717) is 0 Å². The Morgan fingerprint density at radius 3 is 2.68 bits per heavy atom. The lowest BCUT2D eigenvalue weighted by Gasteiger charge is -2.24. The third kappa shape index (κ3) is 4.47. The number of halogens is 2. The molecular formula is C15H21Br2NO. The summed E-state index contributed by atoms with van der Waals surface area (Å²) in [6.07, 6.45) is 8.97. The topological polar surface area (TPSA) is 25.2 Å². The Morgan fingerprint density at radius 2 is 2.11 bits per heavy atom. The summed E-state index contributed by atoms with van der Waals surface area (Å²) in [6.45, 7) is 4.13. The fraction of sp³-hybridized carbons (Fsp3) is 0.600. The molecule has 0 aromatic carbocycles. The summed E-state index contributed by atoms with van der Waals surface area (Å²) in [4.78, 5) is 0. The van der Waals surface area contributed by atoms with Crippen LogP contribution in [0.2, 0.25) is 0 Å². The molecule has 1 N–H and O–H groups in total. The van der Waals surface area contributed by atoms with Crippen molar-refractivity contribution in [2.24, 2.45) is 5.92 Å². The molecule has 0 atom stereocenters. The summed E-state index contributed by atoms with van der Waals surface area (Å²) in [5.74, 6) is 1.65. The minimum absolute atomic E-state index is 0.718. The molecule has 0 spiro atoms. The molecule has 1 fully saturated rings. The molecule has 2 rings (SSSR count).